The van der Waals surface area contributed by atoms with Crippen molar-refractivity contribution in [2.75, 3.05) is 19.7 Å². The van der Waals surface area contributed by atoms with Crippen molar-refractivity contribution in [3.63, 3.8) is 0 Å². The van der Waals surface area contributed by atoms with E-state index in [1.807, 2.05) is 6.92 Å². The highest BCUT2D eigenvalue weighted by Crippen LogP contribution is 2.24. The van der Waals surface area contributed by atoms with Crippen LogP contribution in [0.25, 0.3) is 16.9 Å². The van der Waals surface area contributed by atoms with E-state index in [0.29, 0.717) is 47.9 Å². The van der Waals surface area contributed by atoms with Crippen LogP contribution in [0.5, 0.6) is 0 Å². The van der Waals surface area contributed by atoms with E-state index in [2.05, 4.69) is 15.5 Å². The number of aliphatic hydroxyl groups is 1. The second-order valence-corrected chi connectivity index (χ2v) is 9.03. The number of halogens is 1. The molecule has 1 fully saturated rings. The van der Waals surface area contributed by atoms with Crippen molar-refractivity contribution in [1.29, 1.82) is 0 Å². The molecule has 0 radical (unpaired) electrons. The number of aromatic nitrogens is 4. The van der Waals surface area contributed by atoms with Crippen LogP contribution in [-0.2, 0) is 11.8 Å². The van der Waals surface area contributed by atoms with Gasteiger partial charge >= 0.3 is 0 Å². The van der Waals surface area contributed by atoms with E-state index < -0.39 is 23.6 Å². The molecule has 10 nitrogen and oxygen atoms in total. The van der Waals surface area contributed by atoms with Gasteiger partial charge in [0.1, 0.15) is 17.9 Å². The highest BCUT2D eigenvalue weighted by molar-refractivity contribution is 6.30. The van der Waals surface area contributed by atoms with Gasteiger partial charge in [0, 0.05) is 36.3 Å². The summed E-state index contributed by atoms with van der Waals surface area (Å²) in [6.07, 6.45) is 4.13. The minimum Gasteiger partial charge on any atom is -0.387 e. The molecule has 1 aromatic carbocycles. The fourth-order valence-electron chi connectivity index (χ4n) is 3.93. The van der Waals surface area contributed by atoms with Crippen LogP contribution in [0, 0.1) is 0 Å². The number of hydrogen-bond donors (Lipinski definition) is 2. The Labute approximate surface area is 200 Å². The van der Waals surface area contributed by atoms with Gasteiger partial charge in [-0.05, 0) is 38.0 Å². The Morgan fingerprint density at radius 3 is 2.47 bits per heavy atom. The molecule has 0 saturated carbocycles. The third kappa shape index (κ3) is 4.87. The van der Waals surface area contributed by atoms with E-state index in [1.165, 1.54) is 12.3 Å². The molecule has 1 saturated heterocycles. The Balaban J connectivity index is 1.68. The average molecular weight is 485 g/mol. The maximum Gasteiger partial charge on any atom is 0.284 e. The Bertz CT molecular complexity index is 1280. The van der Waals surface area contributed by atoms with Crippen molar-refractivity contribution < 1.29 is 14.7 Å². The molecular weight excluding hydrogens is 460 g/mol. The maximum absolute atomic E-state index is 13.3. The summed E-state index contributed by atoms with van der Waals surface area (Å²) < 4.78 is 2.71. The van der Waals surface area contributed by atoms with Crippen LogP contribution in [0.15, 0.2) is 47.5 Å². The summed E-state index contributed by atoms with van der Waals surface area (Å²) in [5.74, 6) is -0.862. The Hall–Kier alpha value is -3.50. The van der Waals surface area contributed by atoms with Gasteiger partial charge in [-0.1, -0.05) is 23.7 Å². The molecule has 3 aromatic rings. The fraction of sp³-hybridized carbons (Fsp3) is 0.348. The normalized spacial score (nSPS) is 15.2. The fourth-order valence-corrected chi connectivity index (χ4v) is 4.05. The van der Waals surface area contributed by atoms with E-state index >= 15 is 0 Å². The number of aryl methyl sites for hydroxylation is 1. The maximum atomic E-state index is 13.3. The number of benzene rings is 1. The number of nitrogens with zero attached hydrogens (tertiary/aromatic N) is 5. The first-order chi connectivity index (χ1) is 16.2. The number of piperidine rings is 1. The van der Waals surface area contributed by atoms with Crippen molar-refractivity contribution in [2.24, 2.45) is 7.05 Å². The molecule has 4 rings (SSSR count). The van der Waals surface area contributed by atoms with Crippen LogP contribution in [0.3, 0.4) is 0 Å². The van der Waals surface area contributed by atoms with E-state index in [1.54, 1.807) is 47.1 Å². The first-order valence-electron chi connectivity index (χ1n) is 10.8. The summed E-state index contributed by atoms with van der Waals surface area (Å²) in [5.41, 5.74) is 0.313. The number of carbonyl (C=O) groups is 2. The molecule has 2 amide bonds. The standard InChI is InChI=1S/C23H25ClN6O4/c1-23(7-9-29(10-8-23)20(32)14-31)26-21(33)18-11-19(15-3-5-16(24)6-4-15)27-30(22(18)34)17-12-25-28(2)13-17/h3-6,11-13,31H,7-10,14H2,1-2H3,(H,26,33). The summed E-state index contributed by atoms with van der Waals surface area (Å²) in [6, 6.07) is 8.42. The van der Waals surface area contributed by atoms with Gasteiger partial charge in [0.25, 0.3) is 11.5 Å². The lowest BCUT2D eigenvalue weighted by Gasteiger charge is -2.39. The van der Waals surface area contributed by atoms with E-state index in [9.17, 15) is 14.4 Å². The number of aliphatic hydroxyl groups excluding tert-OH is 1. The molecule has 0 unspecified atom stereocenters. The van der Waals surface area contributed by atoms with Crippen LogP contribution in [0.4, 0.5) is 0 Å². The van der Waals surface area contributed by atoms with E-state index in [-0.39, 0.29) is 11.5 Å². The summed E-state index contributed by atoms with van der Waals surface area (Å²) in [5, 5.41) is 21.2. The van der Waals surface area contributed by atoms with E-state index in [4.69, 9.17) is 16.7 Å². The van der Waals surface area contributed by atoms with Gasteiger partial charge in [-0.15, -0.1) is 0 Å². The highest BCUT2D eigenvalue weighted by Gasteiger charge is 2.34. The molecule has 0 spiro atoms. The van der Waals surface area contributed by atoms with Gasteiger partial charge in [0.2, 0.25) is 5.91 Å². The zero-order valence-corrected chi connectivity index (χ0v) is 19.6. The number of carbonyl (C=O) groups excluding carboxylic acids is 2. The third-order valence-corrected chi connectivity index (χ3v) is 6.25. The molecule has 0 atom stereocenters. The number of amides is 2. The van der Waals surface area contributed by atoms with Crippen LogP contribution in [0.2, 0.25) is 5.02 Å². The molecule has 3 heterocycles. The number of hydrogen-bond acceptors (Lipinski definition) is 6. The van der Waals surface area contributed by atoms with Gasteiger partial charge in [0.15, 0.2) is 0 Å². The zero-order chi connectivity index (χ0) is 24.5. The minimum atomic E-state index is -0.613. The number of rotatable bonds is 5. The second-order valence-electron chi connectivity index (χ2n) is 8.59. The third-order valence-electron chi connectivity index (χ3n) is 6.00. The summed E-state index contributed by atoms with van der Waals surface area (Å²) in [6.45, 7) is 2.15. The molecule has 1 aliphatic heterocycles. The van der Waals surface area contributed by atoms with Crippen molar-refractivity contribution in [2.45, 2.75) is 25.3 Å². The lowest BCUT2D eigenvalue weighted by atomic mass is 9.89. The van der Waals surface area contributed by atoms with Crippen LogP contribution in [-0.4, -0.2) is 66.6 Å². The Kier molecular flexibility index (Phi) is 6.54. The Morgan fingerprint density at radius 1 is 1.21 bits per heavy atom. The van der Waals surface area contributed by atoms with Crippen LogP contribution >= 0.6 is 11.6 Å². The van der Waals surface area contributed by atoms with E-state index in [0.717, 1.165) is 4.68 Å². The molecule has 11 heteroatoms. The molecule has 2 aromatic heterocycles. The van der Waals surface area contributed by atoms with Gasteiger partial charge in [-0.3, -0.25) is 19.1 Å². The van der Waals surface area contributed by atoms with Gasteiger partial charge < -0.3 is 15.3 Å². The SMILES string of the molecule is Cn1cc(-n2nc(-c3ccc(Cl)cc3)cc(C(=O)NC3(C)CCN(C(=O)CO)CC3)c2=O)cn1. The van der Waals surface area contributed by atoms with Crippen LogP contribution < -0.4 is 10.9 Å². The lowest BCUT2D eigenvalue weighted by Crippen LogP contribution is -2.55. The van der Waals surface area contributed by atoms with Crippen molar-refractivity contribution in [3.8, 4) is 16.9 Å². The van der Waals surface area contributed by atoms with Gasteiger partial charge in [-0.25, -0.2) is 0 Å². The molecule has 0 bridgehead atoms. The Morgan fingerprint density at radius 2 is 1.88 bits per heavy atom. The van der Waals surface area contributed by atoms with Gasteiger partial charge in [0.05, 0.1) is 18.1 Å². The largest absolute Gasteiger partial charge is 0.387 e. The average Bonchev–Trinajstić information content (AvgIpc) is 3.25. The topological polar surface area (TPSA) is 122 Å². The monoisotopic (exact) mass is 484 g/mol. The predicted molar refractivity (Wildman–Crippen MR) is 126 cm³/mol. The minimum absolute atomic E-state index is 0.0566. The van der Waals surface area contributed by atoms with Crippen molar-refractivity contribution >= 4 is 23.4 Å². The molecule has 2 N–H and O–H groups in total. The zero-order valence-electron chi connectivity index (χ0n) is 18.9. The van der Waals surface area contributed by atoms with Crippen molar-refractivity contribution in [1.82, 2.24) is 29.8 Å². The summed E-state index contributed by atoms with van der Waals surface area (Å²) >= 11 is 6.01. The summed E-state index contributed by atoms with van der Waals surface area (Å²) in [4.78, 5) is 39.9. The van der Waals surface area contributed by atoms with Gasteiger partial charge in [-0.2, -0.15) is 14.9 Å². The second kappa shape index (κ2) is 9.40. The highest BCUT2D eigenvalue weighted by atomic mass is 35.5. The number of likely N-dealkylation sites (tertiary alicyclic amines) is 1. The molecule has 1 aliphatic rings. The van der Waals surface area contributed by atoms with Crippen LogP contribution in [0.1, 0.15) is 30.1 Å². The molecule has 34 heavy (non-hydrogen) atoms. The lowest BCUT2D eigenvalue weighted by molar-refractivity contribution is -0.135. The molecule has 0 aliphatic carbocycles. The molecule has 178 valence electrons. The summed E-state index contributed by atoms with van der Waals surface area (Å²) in [7, 11) is 1.72. The first kappa shape index (κ1) is 23.7. The molecular formula is C23H25ClN6O4. The predicted octanol–water partition coefficient (Wildman–Crippen LogP) is 1.39. The first-order valence-corrected chi connectivity index (χ1v) is 11.2. The quantitative estimate of drug-likeness (QED) is 0.564. The number of nitrogens with one attached hydrogen (secondary N) is 1. The van der Waals surface area contributed by atoms with Crippen molar-refractivity contribution in [3.05, 3.63) is 63.7 Å². The smallest absolute Gasteiger partial charge is 0.284 e.